The second kappa shape index (κ2) is 38.1. The Hall–Kier alpha value is -6.67. The molecule has 1 aliphatic heterocycles. The maximum Gasteiger partial charge on any atom is 0.326 e. The number of carbonyl (C=O) groups excluding carboxylic acids is 6. The number of nitrogens with zero attached hydrogens (tertiary/aromatic N) is 4. The van der Waals surface area contributed by atoms with Gasteiger partial charge < -0.3 is 52.3 Å². The van der Waals surface area contributed by atoms with E-state index < -0.39 is 59.7 Å². The lowest BCUT2D eigenvalue weighted by molar-refractivity contribution is -0.142. The fraction of sp³-hybridized carbons (Fsp3) is 0.600. The SMILES string of the molecule is CCC(C)C(=O)CCCCCNC(=O)NCCCCC(NC(=O)[C@H](Cc1ccccc1)NC(=O)C(CCSC)NC(=O)c1ccc(CNC(=O)CN2CCN(CC(=O)O)CCN(CC(=O)O)CCN(CC(=O)O)CC2)cc1)C(=O)O. The van der Waals surface area contributed by atoms with Gasteiger partial charge in [0, 0.05) is 96.3 Å². The number of rotatable bonds is 35. The first-order valence-corrected chi connectivity index (χ1v) is 28.8. The van der Waals surface area contributed by atoms with Crippen molar-refractivity contribution in [1.29, 1.82) is 0 Å². The van der Waals surface area contributed by atoms with Gasteiger partial charge in [-0.1, -0.05) is 62.7 Å². The smallest absolute Gasteiger partial charge is 0.326 e. The van der Waals surface area contributed by atoms with Crippen LogP contribution < -0.4 is 31.9 Å². The molecule has 444 valence electrons. The van der Waals surface area contributed by atoms with Crippen molar-refractivity contribution >= 4 is 71.1 Å². The number of amides is 6. The molecule has 24 nitrogen and oxygen atoms in total. The number of unbranched alkanes of at least 4 members (excludes halogenated alkanes) is 3. The molecule has 1 fully saturated rings. The molecule has 25 heteroatoms. The number of aliphatic carboxylic acids is 4. The van der Waals surface area contributed by atoms with Crippen LogP contribution in [0.5, 0.6) is 0 Å². The standard InChI is InChI=1S/C55H84N10O14S/c1-4-39(2)46(66)16-9-6-11-22-56-55(79)57-23-12-10-15-44(54(77)78)60-53(76)45(33-40-13-7-5-8-14-40)61-52(75)43(21-32-80-3)59-51(74)42-19-17-41(18-20-42)34-58-47(67)35-62-24-26-63(36-48(68)69)28-30-65(38-50(72)73)31-29-64(27-25-62)37-49(70)71/h5,7-8,13-14,17-20,39,43-45H,4,6,9-12,15-16,21-38H2,1-3H3,(H,58,67)(H,59,74)(H,60,76)(H,61,75)(H,68,69)(H,70,71)(H,72,73)(H,77,78)(H2,56,57,79)/t39?,43?,44?,45-/m0/s1. The van der Waals surface area contributed by atoms with Gasteiger partial charge in [0.2, 0.25) is 17.7 Å². The van der Waals surface area contributed by atoms with Crippen LogP contribution >= 0.6 is 11.8 Å². The number of carbonyl (C=O) groups is 10. The van der Waals surface area contributed by atoms with Gasteiger partial charge in [0.15, 0.2) is 0 Å². The van der Waals surface area contributed by atoms with Crippen LogP contribution in [0.25, 0.3) is 0 Å². The Morgan fingerprint density at radius 2 is 1.05 bits per heavy atom. The number of hydrogen-bond acceptors (Lipinski definition) is 15. The number of carboxylic acids is 4. The van der Waals surface area contributed by atoms with E-state index in [4.69, 9.17) is 0 Å². The highest BCUT2D eigenvalue weighted by Crippen LogP contribution is 2.12. The molecule has 0 radical (unpaired) electrons. The summed E-state index contributed by atoms with van der Waals surface area (Å²) in [7, 11) is 0. The fourth-order valence-electron chi connectivity index (χ4n) is 8.64. The van der Waals surface area contributed by atoms with E-state index in [1.807, 2.05) is 20.1 Å². The van der Waals surface area contributed by atoms with Crippen molar-refractivity contribution in [3.63, 3.8) is 0 Å². The number of benzene rings is 2. The van der Waals surface area contributed by atoms with Gasteiger partial charge in [-0.05, 0) is 80.2 Å². The zero-order chi connectivity index (χ0) is 58.8. The number of hydrogen-bond donors (Lipinski definition) is 10. The highest BCUT2D eigenvalue weighted by molar-refractivity contribution is 7.98. The maximum absolute atomic E-state index is 14.0. The van der Waals surface area contributed by atoms with Crippen LogP contribution in [-0.2, 0) is 51.3 Å². The van der Waals surface area contributed by atoms with Crippen molar-refractivity contribution < 1.29 is 68.4 Å². The average Bonchev–Trinajstić information content (AvgIpc) is 3.41. The second-order valence-electron chi connectivity index (χ2n) is 20.0. The van der Waals surface area contributed by atoms with Crippen LogP contribution in [0, 0.1) is 5.92 Å². The molecule has 0 aliphatic carbocycles. The quantitative estimate of drug-likeness (QED) is 0.0438. The Balaban J connectivity index is 1.59. The molecule has 2 aromatic rings. The van der Waals surface area contributed by atoms with E-state index in [0.717, 1.165) is 25.7 Å². The molecule has 0 spiro atoms. The highest BCUT2D eigenvalue weighted by Gasteiger charge is 2.30. The normalized spacial score (nSPS) is 15.5. The third-order valence-corrected chi connectivity index (χ3v) is 14.2. The Morgan fingerprint density at radius 1 is 0.550 bits per heavy atom. The molecule has 4 atom stereocenters. The number of nitrogens with one attached hydrogen (secondary N) is 6. The topological polar surface area (TPSA) is 337 Å². The molecular formula is C55H84N10O14S. The Labute approximate surface area is 472 Å². The van der Waals surface area contributed by atoms with E-state index in [2.05, 4.69) is 31.9 Å². The van der Waals surface area contributed by atoms with Gasteiger partial charge in [0.05, 0.1) is 26.2 Å². The summed E-state index contributed by atoms with van der Waals surface area (Å²) in [5.41, 5.74) is 1.55. The van der Waals surface area contributed by atoms with Crippen LogP contribution in [0.1, 0.15) is 93.1 Å². The summed E-state index contributed by atoms with van der Waals surface area (Å²) in [6.07, 6.45) is 6.57. The molecule has 80 heavy (non-hydrogen) atoms. The third-order valence-electron chi connectivity index (χ3n) is 13.6. The van der Waals surface area contributed by atoms with Gasteiger partial charge in [0.25, 0.3) is 5.91 Å². The van der Waals surface area contributed by atoms with Crippen LogP contribution in [0.2, 0.25) is 0 Å². The number of urea groups is 1. The maximum atomic E-state index is 14.0. The zero-order valence-corrected chi connectivity index (χ0v) is 47.3. The van der Waals surface area contributed by atoms with Crippen molar-refractivity contribution in [3.05, 3.63) is 71.3 Å². The van der Waals surface area contributed by atoms with Crippen LogP contribution in [0.3, 0.4) is 0 Å². The number of carboxylic acid groups (broad SMARTS) is 4. The first-order valence-electron chi connectivity index (χ1n) is 27.4. The molecular weight excluding hydrogens is 1060 g/mol. The molecule has 0 saturated carbocycles. The first-order chi connectivity index (χ1) is 38.3. The van der Waals surface area contributed by atoms with Gasteiger partial charge in [-0.2, -0.15) is 11.8 Å². The molecule has 1 heterocycles. The monoisotopic (exact) mass is 1140 g/mol. The Kier molecular flexibility index (Phi) is 32.2. The summed E-state index contributed by atoms with van der Waals surface area (Å²) in [6, 6.07) is 11.3. The van der Waals surface area contributed by atoms with Gasteiger partial charge in [0.1, 0.15) is 23.9 Å². The molecule has 3 unspecified atom stereocenters. The van der Waals surface area contributed by atoms with Crippen LogP contribution in [0.4, 0.5) is 4.79 Å². The van der Waals surface area contributed by atoms with Gasteiger partial charge in [-0.25, -0.2) is 9.59 Å². The van der Waals surface area contributed by atoms with Crippen LogP contribution in [-0.4, -0.2) is 221 Å². The van der Waals surface area contributed by atoms with Crippen molar-refractivity contribution in [1.82, 2.24) is 51.5 Å². The van der Waals surface area contributed by atoms with Gasteiger partial charge >= 0.3 is 29.9 Å². The summed E-state index contributed by atoms with van der Waals surface area (Å²) in [5, 5.41) is 55.1. The van der Waals surface area contributed by atoms with Gasteiger partial charge in [-0.15, -0.1) is 0 Å². The second-order valence-corrected chi connectivity index (χ2v) is 21.0. The van der Waals surface area contributed by atoms with Crippen molar-refractivity contribution in [2.75, 3.05) is 104 Å². The number of thioether (sulfide) groups is 1. The van der Waals surface area contributed by atoms with E-state index in [1.54, 1.807) is 62.1 Å². The third kappa shape index (κ3) is 28.5. The lowest BCUT2D eigenvalue weighted by Crippen LogP contribution is -2.56. The molecule has 10 N–H and O–H groups in total. The van der Waals surface area contributed by atoms with E-state index in [0.29, 0.717) is 42.7 Å². The molecule has 1 saturated heterocycles. The summed E-state index contributed by atoms with van der Waals surface area (Å²) in [4.78, 5) is 133. The van der Waals surface area contributed by atoms with E-state index in [-0.39, 0.29) is 140 Å². The highest BCUT2D eigenvalue weighted by atomic mass is 32.2. The minimum absolute atomic E-state index is 0.0204. The minimum atomic E-state index is -1.30. The zero-order valence-electron chi connectivity index (χ0n) is 46.5. The average molecular weight is 1140 g/mol. The van der Waals surface area contributed by atoms with Crippen LogP contribution in [0.15, 0.2) is 54.6 Å². The molecule has 3 rings (SSSR count). The lowest BCUT2D eigenvalue weighted by atomic mass is 9.99. The Morgan fingerprint density at radius 3 is 1.55 bits per heavy atom. The van der Waals surface area contributed by atoms with Gasteiger partial charge in [-0.3, -0.25) is 58.0 Å². The summed E-state index contributed by atoms with van der Waals surface area (Å²) < 4.78 is 0. The first kappa shape index (κ1) is 67.6. The van der Waals surface area contributed by atoms with E-state index >= 15 is 0 Å². The molecule has 0 aromatic heterocycles. The number of ketones is 1. The minimum Gasteiger partial charge on any atom is -0.480 e. The summed E-state index contributed by atoms with van der Waals surface area (Å²) >= 11 is 1.45. The largest absolute Gasteiger partial charge is 0.480 e. The molecule has 0 bridgehead atoms. The van der Waals surface area contributed by atoms with Crippen molar-refractivity contribution in [2.45, 2.75) is 103 Å². The van der Waals surface area contributed by atoms with E-state index in [1.165, 1.54) is 23.9 Å². The summed E-state index contributed by atoms with van der Waals surface area (Å²) in [5.74, 6) is -6.00. The summed E-state index contributed by atoms with van der Waals surface area (Å²) in [6.45, 7) is 5.74. The predicted molar refractivity (Wildman–Crippen MR) is 301 cm³/mol. The van der Waals surface area contributed by atoms with Crippen molar-refractivity contribution in [3.8, 4) is 0 Å². The van der Waals surface area contributed by atoms with Crippen molar-refractivity contribution in [2.24, 2.45) is 5.92 Å². The number of Topliss-reactive ketones (excluding diaryl/α,β-unsaturated/α-hetero) is 1. The molecule has 1 aliphatic rings. The Bertz CT molecular complexity index is 2270. The fourth-order valence-corrected chi connectivity index (χ4v) is 9.11. The van der Waals surface area contributed by atoms with E-state index in [9.17, 15) is 68.4 Å². The predicted octanol–water partition coefficient (Wildman–Crippen LogP) is 1.57. The lowest BCUT2D eigenvalue weighted by Gasteiger charge is -2.32. The molecule has 2 aromatic carbocycles. The molecule has 6 amide bonds.